The van der Waals surface area contributed by atoms with Crippen LogP contribution in [0.15, 0.2) is 0 Å². The van der Waals surface area contributed by atoms with E-state index in [4.69, 9.17) is 16.7 Å². The first-order chi connectivity index (χ1) is 7.16. The number of rotatable bonds is 10. The average molecular weight is 235 g/mol. The van der Waals surface area contributed by atoms with Gasteiger partial charge in [-0.2, -0.15) is 0 Å². The maximum absolute atomic E-state index is 10.3. The number of aliphatic carboxylic acids is 1. The Morgan fingerprint density at radius 1 is 1.13 bits per heavy atom. The maximum Gasteiger partial charge on any atom is 0.303 e. The lowest BCUT2D eigenvalue weighted by Gasteiger charge is -2.07. The number of unbranched alkanes of at least 4 members (excludes halogenated alkanes) is 4. The molecule has 0 aliphatic rings. The zero-order valence-corrected chi connectivity index (χ0v) is 10.4. The van der Waals surface area contributed by atoms with E-state index in [0.29, 0.717) is 6.42 Å². The first-order valence-electron chi connectivity index (χ1n) is 6.02. The lowest BCUT2D eigenvalue weighted by molar-refractivity contribution is -0.137. The van der Waals surface area contributed by atoms with Crippen molar-refractivity contribution in [3.05, 3.63) is 0 Å². The average Bonchev–Trinajstić information content (AvgIpc) is 2.17. The summed E-state index contributed by atoms with van der Waals surface area (Å²) in [7, 11) is 0. The van der Waals surface area contributed by atoms with Crippen LogP contribution in [0.4, 0.5) is 0 Å². The fourth-order valence-corrected chi connectivity index (χ4v) is 1.90. The van der Waals surface area contributed by atoms with Gasteiger partial charge < -0.3 is 5.11 Å². The highest BCUT2D eigenvalue weighted by Gasteiger charge is 2.05. The SMILES string of the molecule is CCCCCCCC(Cl)CCCC(=O)O. The number of halogens is 1. The van der Waals surface area contributed by atoms with Gasteiger partial charge in [-0.15, -0.1) is 11.6 Å². The van der Waals surface area contributed by atoms with Crippen LogP contribution in [0.25, 0.3) is 0 Å². The van der Waals surface area contributed by atoms with Crippen molar-refractivity contribution in [2.24, 2.45) is 0 Å². The fourth-order valence-electron chi connectivity index (χ4n) is 1.59. The van der Waals surface area contributed by atoms with Gasteiger partial charge in [-0.05, 0) is 19.3 Å². The Morgan fingerprint density at radius 3 is 2.33 bits per heavy atom. The standard InChI is InChI=1S/C12H23ClO2/c1-2-3-4-5-6-8-11(13)9-7-10-12(14)15/h11H,2-10H2,1H3,(H,14,15). The summed E-state index contributed by atoms with van der Waals surface area (Å²) in [4.78, 5) is 10.3. The van der Waals surface area contributed by atoms with E-state index in [9.17, 15) is 4.79 Å². The normalized spacial score (nSPS) is 12.7. The predicted molar refractivity (Wildman–Crippen MR) is 64.5 cm³/mol. The van der Waals surface area contributed by atoms with Crippen molar-refractivity contribution in [3.63, 3.8) is 0 Å². The van der Waals surface area contributed by atoms with Crippen molar-refractivity contribution in [2.75, 3.05) is 0 Å². The van der Waals surface area contributed by atoms with Gasteiger partial charge in [0.25, 0.3) is 0 Å². The van der Waals surface area contributed by atoms with Crippen LogP contribution in [-0.2, 0) is 4.79 Å². The van der Waals surface area contributed by atoms with E-state index in [1.54, 1.807) is 0 Å². The quantitative estimate of drug-likeness (QED) is 0.454. The van der Waals surface area contributed by atoms with Crippen LogP contribution in [0.2, 0.25) is 0 Å². The molecule has 0 rings (SSSR count). The van der Waals surface area contributed by atoms with Gasteiger partial charge in [0.05, 0.1) is 0 Å². The largest absolute Gasteiger partial charge is 0.481 e. The van der Waals surface area contributed by atoms with Gasteiger partial charge in [0.15, 0.2) is 0 Å². The highest BCUT2D eigenvalue weighted by atomic mass is 35.5. The highest BCUT2D eigenvalue weighted by molar-refractivity contribution is 6.20. The molecular weight excluding hydrogens is 212 g/mol. The number of alkyl halides is 1. The van der Waals surface area contributed by atoms with E-state index in [-0.39, 0.29) is 11.8 Å². The molecule has 90 valence electrons. The van der Waals surface area contributed by atoms with Gasteiger partial charge in [-0.1, -0.05) is 39.0 Å². The highest BCUT2D eigenvalue weighted by Crippen LogP contribution is 2.16. The Labute approximate surface area is 98.0 Å². The zero-order chi connectivity index (χ0) is 11.5. The second kappa shape index (κ2) is 10.3. The minimum absolute atomic E-state index is 0.172. The molecule has 1 N–H and O–H groups in total. The van der Waals surface area contributed by atoms with E-state index in [2.05, 4.69) is 6.92 Å². The number of carboxylic acids is 1. The molecule has 0 amide bonds. The predicted octanol–water partition coefficient (Wildman–Crippen LogP) is 4.21. The van der Waals surface area contributed by atoms with Crippen molar-refractivity contribution in [3.8, 4) is 0 Å². The molecule has 0 radical (unpaired) electrons. The van der Waals surface area contributed by atoms with Crippen LogP contribution in [0.3, 0.4) is 0 Å². The first-order valence-corrected chi connectivity index (χ1v) is 6.46. The third-order valence-electron chi connectivity index (χ3n) is 2.53. The van der Waals surface area contributed by atoms with Crippen LogP contribution in [0, 0.1) is 0 Å². The minimum Gasteiger partial charge on any atom is -0.481 e. The summed E-state index contributed by atoms with van der Waals surface area (Å²) in [5.74, 6) is -0.721. The molecule has 0 aromatic heterocycles. The van der Waals surface area contributed by atoms with E-state index in [1.165, 1.54) is 32.1 Å². The topological polar surface area (TPSA) is 37.3 Å². The lowest BCUT2D eigenvalue weighted by Crippen LogP contribution is -2.01. The van der Waals surface area contributed by atoms with Crippen molar-refractivity contribution in [1.29, 1.82) is 0 Å². The van der Waals surface area contributed by atoms with Crippen LogP contribution in [0.5, 0.6) is 0 Å². The summed E-state index contributed by atoms with van der Waals surface area (Å²) in [6.07, 6.45) is 9.14. The molecule has 15 heavy (non-hydrogen) atoms. The van der Waals surface area contributed by atoms with Crippen LogP contribution < -0.4 is 0 Å². The van der Waals surface area contributed by atoms with Gasteiger partial charge in [0.2, 0.25) is 0 Å². The minimum atomic E-state index is -0.721. The summed E-state index contributed by atoms with van der Waals surface area (Å²) in [5.41, 5.74) is 0. The van der Waals surface area contributed by atoms with E-state index >= 15 is 0 Å². The Morgan fingerprint density at radius 2 is 1.73 bits per heavy atom. The second-order valence-corrected chi connectivity index (χ2v) is 4.70. The Balaban J connectivity index is 3.18. The van der Waals surface area contributed by atoms with Gasteiger partial charge in [-0.3, -0.25) is 4.79 Å². The lowest BCUT2D eigenvalue weighted by atomic mass is 10.1. The Kier molecular flexibility index (Phi) is 10.1. The Hall–Kier alpha value is -0.240. The van der Waals surface area contributed by atoms with Gasteiger partial charge in [-0.25, -0.2) is 0 Å². The number of hydrogen-bond donors (Lipinski definition) is 1. The van der Waals surface area contributed by atoms with Crippen LogP contribution in [0.1, 0.15) is 64.7 Å². The number of carbonyl (C=O) groups is 1. The van der Waals surface area contributed by atoms with Gasteiger partial charge in [0.1, 0.15) is 0 Å². The molecule has 3 heteroatoms. The van der Waals surface area contributed by atoms with Crippen LogP contribution >= 0.6 is 11.6 Å². The molecular formula is C12H23ClO2. The molecule has 0 aliphatic heterocycles. The van der Waals surface area contributed by atoms with Crippen molar-refractivity contribution < 1.29 is 9.90 Å². The van der Waals surface area contributed by atoms with Crippen LogP contribution in [-0.4, -0.2) is 16.5 Å². The zero-order valence-electron chi connectivity index (χ0n) is 9.67. The number of carboxylic acid groups (broad SMARTS) is 1. The summed E-state index contributed by atoms with van der Waals surface area (Å²) in [5, 5.41) is 8.63. The summed E-state index contributed by atoms with van der Waals surface area (Å²) >= 11 is 6.08. The third-order valence-corrected chi connectivity index (χ3v) is 2.97. The molecule has 1 atom stereocenters. The van der Waals surface area contributed by atoms with E-state index < -0.39 is 5.97 Å². The molecule has 0 aromatic rings. The van der Waals surface area contributed by atoms with E-state index in [1.807, 2.05) is 0 Å². The van der Waals surface area contributed by atoms with Crippen molar-refractivity contribution in [1.82, 2.24) is 0 Å². The fraction of sp³-hybridized carbons (Fsp3) is 0.917. The molecule has 1 unspecified atom stereocenters. The molecule has 0 bridgehead atoms. The molecule has 0 spiro atoms. The first kappa shape index (κ1) is 14.8. The van der Waals surface area contributed by atoms with Gasteiger partial charge in [0, 0.05) is 11.8 Å². The molecule has 0 aliphatic carbocycles. The Bertz CT molecular complexity index is 160. The molecule has 0 fully saturated rings. The van der Waals surface area contributed by atoms with E-state index in [0.717, 1.165) is 12.8 Å². The molecule has 0 saturated carbocycles. The number of hydrogen-bond acceptors (Lipinski definition) is 1. The molecule has 0 saturated heterocycles. The molecule has 2 nitrogen and oxygen atoms in total. The third kappa shape index (κ3) is 11.7. The smallest absolute Gasteiger partial charge is 0.303 e. The molecule has 0 aromatic carbocycles. The monoisotopic (exact) mass is 234 g/mol. The summed E-state index contributed by atoms with van der Waals surface area (Å²) < 4.78 is 0. The second-order valence-electron chi connectivity index (χ2n) is 4.09. The van der Waals surface area contributed by atoms with Gasteiger partial charge >= 0.3 is 5.97 Å². The summed E-state index contributed by atoms with van der Waals surface area (Å²) in [6.45, 7) is 2.20. The summed E-state index contributed by atoms with van der Waals surface area (Å²) in [6, 6.07) is 0. The van der Waals surface area contributed by atoms with Crippen molar-refractivity contribution in [2.45, 2.75) is 70.1 Å². The molecule has 0 heterocycles. The van der Waals surface area contributed by atoms with Crippen molar-refractivity contribution >= 4 is 17.6 Å². The maximum atomic E-state index is 10.3.